The van der Waals surface area contributed by atoms with Crippen molar-refractivity contribution in [2.45, 2.75) is 63.3 Å². The van der Waals surface area contributed by atoms with E-state index < -0.39 is 23.5 Å². The van der Waals surface area contributed by atoms with Crippen LogP contribution in [-0.2, 0) is 9.59 Å². The maximum absolute atomic E-state index is 12.5. The first-order valence-electron chi connectivity index (χ1n) is 9.37. The van der Waals surface area contributed by atoms with Crippen LogP contribution in [0.25, 0.3) is 0 Å². The molecule has 24 heavy (non-hydrogen) atoms. The molecule has 1 saturated heterocycles. The van der Waals surface area contributed by atoms with Crippen LogP contribution in [-0.4, -0.2) is 28.6 Å². The molecular weight excluding hydrogens is 308 g/mol. The molecule has 132 valence electrons. The van der Waals surface area contributed by atoms with Gasteiger partial charge in [0, 0.05) is 5.92 Å². The third kappa shape index (κ3) is 2.50. The average Bonchev–Trinajstić information content (AvgIpc) is 3.27. The van der Waals surface area contributed by atoms with Gasteiger partial charge in [0.05, 0.1) is 5.92 Å². The Labute approximate surface area is 141 Å². The second kappa shape index (κ2) is 5.74. The summed E-state index contributed by atoms with van der Waals surface area (Å²) in [5, 5.41) is 14.4. The number of carbonyl (C=O) groups excluding carboxylic acids is 2. The van der Waals surface area contributed by atoms with Crippen LogP contribution in [0, 0.1) is 29.6 Å². The van der Waals surface area contributed by atoms with E-state index in [9.17, 15) is 19.5 Å². The molecule has 3 N–H and O–H groups in total. The second-order valence-electron chi connectivity index (χ2n) is 8.25. The van der Waals surface area contributed by atoms with Gasteiger partial charge in [0.15, 0.2) is 0 Å². The van der Waals surface area contributed by atoms with Crippen molar-refractivity contribution in [3.63, 3.8) is 0 Å². The predicted octanol–water partition coefficient (Wildman–Crippen LogP) is 2.28. The standard InChI is InChI=1S/C18H26N2O4/c21-15(22)13-9-14(13)18(16(23)19-17(24)20-18)8-7-12-10-3-1-4-11(12)6-2-5-10/h10-14H,1-9H2,(H,21,22)(H2,19,20,23,24). The highest BCUT2D eigenvalue weighted by Crippen LogP contribution is 2.52. The SMILES string of the molecule is O=C1NC(=O)C(CCC2C3CCCC2CCC3)(C2CC2C(=O)O)N1. The minimum absolute atomic E-state index is 0.259. The van der Waals surface area contributed by atoms with Gasteiger partial charge in [-0.1, -0.05) is 38.5 Å². The summed E-state index contributed by atoms with van der Waals surface area (Å²) in [5.74, 6) is 0.208. The number of aliphatic carboxylic acids is 1. The number of nitrogens with one attached hydrogen (secondary N) is 2. The smallest absolute Gasteiger partial charge is 0.322 e. The van der Waals surface area contributed by atoms with Crippen molar-refractivity contribution in [2.24, 2.45) is 29.6 Å². The molecule has 4 aliphatic rings. The van der Waals surface area contributed by atoms with Gasteiger partial charge in [-0.25, -0.2) is 4.79 Å². The maximum atomic E-state index is 12.5. The lowest BCUT2D eigenvalue weighted by Crippen LogP contribution is -2.50. The topological polar surface area (TPSA) is 95.5 Å². The molecule has 3 aliphatic carbocycles. The van der Waals surface area contributed by atoms with Gasteiger partial charge in [-0.3, -0.25) is 14.9 Å². The first-order valence-corrected chi connectivity index (χ1v) is 9.37. The minimum Gasteiger partial charge on any atom is -0.481 e. The van der Waals surface area contributed by atoms with Gasteiger partial charge < -0.3 is 10.4 Å². The van der Waals surface area contributed by atoms with Crippen LogP contribution >= 0.6 is 0 Å². The Balaban J connectivity index is 1.50. The highest BCUT2D eigenvalue weighted by Gasteiger charge is 2.63. The van der Waals surface area contributed by atoms with E-state index in [1.807, 2.05) is 0 Å². The third-order valence-corrected chi connectivity index (χ3v) is 7.09. The van der Waals surface area contributed by atoms with Crippen LogP contribution in [0.4, 0.5) is 4.79 Å². The number of amides is 3. The Kier molecular flexibility index (Phi) is 3.81. The van der Waals surface area contributed by atoms with Crippen LogP contribution < -0.4 is 10.6 Å². The van der Waals surface area contributed by atoms with Gasteiger partial charge in [0.2, 0.25) is 0 Å². The zero-order valence-electron chi connectivity index (χ0n) is 13.9. The van der Waals surface area contributed by atoms with Crippen molar-refractivity contribution in [1.29, 1.82) is 0 Å². The summed E-state index contributed by atoms with van der Waals surface area (Å²) in [6.07, 6.45) is 9.77. The van der Waals surface area contributed by atoms with Crippen molar-refractivity contribution in [3.8, 4) is 0 Å². The summed E-state index contributed by atoms with van der Waals surface area (Å²) in [6.45, 7) is 0. The number of hydrogen-bond donors (Lipinski definition) is 3. The van der Waals surface area contributed by atoms with Gasteiger partial charge >= 0.3 is 12.0 Å². The quantitative estimate of drug-likeness (QED) is 0.672. The Hall–Kier alpha value is -1.59. The van der Waals surface area contributed by atoms with E-state index >= 15 is 0 Å². The Bertz CT molecular complexity index is 555. The summed E-state index contributed by atoms with van der Waals surface area (Å²) in [4.78, 5) is 35.5. The van der Waals surface area contributed by atoms with E-state index in [2.05, 4.69) is 10.6 Å². The molecule has 1 heterocycles. The summed E-state index contributed by atoms with van der Waals surface area (Å²) >= 11 is 0. The van der Waals surface area contributed by atoms with E-state index in [0.717, 1.165) is 18.3 Å². The zero-order chi connectivity index (χ0) is 16.9. The molecule has 0 aromatic rings. The Morgan fingerprint density at radius 2 is 1.75 bits per heavy atom. The first kappa shape index (κ1) is 15.9. The van der Waals surface area contributed by atoms with Crippen molar-refractivity contribution >= 4 is 17.9 Å². The van der Waals surface area contributed by atoms with Gasteiger partial charge in [-0.05, 0) is 37.0 Å². The number of rotatable bonds is 5. The van der Waals surface area contributed by atoms with E-state index in [4.69, 9.17) is 0 Å². The number of carboxylic acids is 1. The highest BCUT2D eigenvalue weighted by molar-refractivity contribution is 6.07. The molecule has 0 spiro atoms. The molecule has 4 rings (SSSR count). The van der Waals surface area contributed by atoms with E-state index in [1.165, 1.54) is 38.5 Å². The summed E-state index contributed by atoms with van der Waals surface area (Å²) in [5.41, 5.74) is -0.994. The molecule has 6 nitrogen and oxygen atoms in total. The number of imide groups is 1. The van der Waals surface area contributed by atoms with Crippen molar-refractivity contribution in [2.75, 3.05) is 0 Å². The highest BCUT2D eigenvalue weighted by atomic mass is 16.4. The molecule has 3 atom stereocenters. The second-order valence-corrected chi connectivity index (χ2v) is 8.25. The molecule has 0 aromatic heterocycles. The molecule has 3 saturated carbocycles. The maximum Gasteiger partial charge on any atom is 0.322 e. The van der Waals surface area contributed by atoms with E-state index in [-0.39, 0.29) is 11.8 Å². The number of urea groups is 1. The van der Waals surface area contributed by atoms with E-state index in [0.29, 0.717) is 18.8 Å². The van der Waals surface area contributed by atoms with Gasteiger partial charge in [-0.15, -0.1) is 0 Å². The van der Waals surface area contributed by atoms with Crippen molar-refractivity contribution in [3.05, 3.63) is 0 Å². The molecule has 0 radical (unpaired) electrons. The van der Waals surface area contributed by atoms with Crippen LogP contribution in [0.5, 0.6) is 0 Å². The molecular formula is C18H26N2O4. The number of carboxylic acid groups (broad SMARTS) is 1. The lowest BCUT2D eigenvalue weighted by atomic mass is 9.62. The zero-order valence-corrected chi connectivity index (χ0v) is 13.9. The molecule has 3 amide bonds. The number of hydrogen-bond acceptors (Lipinski definition) is 3. The van der Waals surface area contributed by atoms with Crippen molar-refractivity contribution in [1.82, 2.24) is 10.6 Å². The molecule has 1 aliphatic heterocycles. The number of carbonyl (C=O) groups is 3. The Morgan fingerprint density at radius 1 is 1.12 bits per heavy atom. The molecule has 2 bridgehead atoms. The molecule has 4 fully saturated rings. The third-order valence-electron chi connectivity index (χ3n) is 7.09. The van der Waals surface area contributed by atoms with Crippen LogP contribution in [0.15, 0.2) is 0 Å². The monoisotopic (exact) mass is 334 g/mol. The lowest BCUT2D eigenvalue weighted by Gasteiger charge is -2.44. The van der Waals surface area contributed by atoms with E-state index in [1.54, 1.807) is 0 Å². The van der Waals surface area contributed by atoms with Gasteiger partial charge in [-0.2, -0.15) is 0 Å². The average molecular weight is 334 g/mol. The largest absolute Gasteiger partial charge is 0.481 e. The van der Waals surface area contributed by atoms with Crippen LogP contribution in [0.2, 0.25) is 0 Å². The fraction of sp³-hybridized carbons (Fsp3) is 0.833. The summed E-state index contributed by atoms with van der Waals surface area (Å²) in [7, 11) is 0. The first-order chi connectivity index (χ1) is 11.5. The predicted molar refractivity (Wildman–Crippen MR) is 86.0 cm³/mol. The summed E-state index contributed by atoms with van der Waals surface area (Å²) < 4.78 is 0. The van der Waals surface area contributed by atoms with Crippen LogP contribution in [0.1, 0.15) is 57.8 Å². The van der Waals surface area contributed by atoms with Gasteiger partial charge in [0.25, 0.3) is 5.91 Å². The minimum atomic E-state index is -0.994. The van der Waals surface area contributed by atoms with Crippen molar-refractivity contribution < 1.29 is 19.5 Å². The normalized spacial score (nSPS) is 43.9. The van der Waals surface area contributed by atoms with Gasteiger partial charge in [0.1, 0.15) is 5.54 Å². The fourth-order valence-electron chi connectivity index (χ4n) is 5.82. The molecule has 6 heteroatoms. The fourth-order valence-corrected chi connectivity index (χ4v) is 5.82. The molecule has 3 unspecified atom stereocenters. The number of fused-ring (bicyclic) bond motifs is 2. The molecule has 0 aromatic carbocycles. The lowest BCUT2D eigenvalue weighted by molar-refractivity contribution is -0.139. The Morgan fingerprint density at radius 3 is 2.21 bits per heavy atom. The van der Waals surface area contributed by atoms with Crippen LogP contribution in [0.3, 0.4) is 0 Å². The summed E-state index contributed by atoms with van der Waals surface area (Å²) in [6, 6.07) is -0.472.